The summed E-state index contributed by atoms with van der Waals surface area (Å²) >= 11 is 0. The smallest absolute Gasteiger partial charge is 0.252 e. The first-order chi connectivity index (χ1) is 9.83. The van der Waals surface area contributed by atoms with Gasteiger partial charge in [0, 0.05) is 12.6 Å². The molecule has 5 nitrogen and oxygen atoms in total. The summed E-state index contributed by atoms with van der Waals surface area (Å²) in [6, 6.07) is 6.01. The van der Waals surface area contributed by atoms with Crippen LogP contribution in [0.15, 0.2) is 29.2 Å². The molecule has 118 valence electrons. The predicted octanol–water partition coefficient (Wildman–Crippen LogP) is 1.62. The molecule has 0 aliphatic rings. The first-order valence-electron chi connectivity index (χ1n) is 7.07. The molecule has 0 heterocycles. The Kier molecular flexibility index (Phi) is 6.36. The van der Waals surface area contributed by atoms with Gasteiger partial charge in [0.2, 0.25) is 0 Å². The molecule has 1 atom stereocenters. The van der Waals surface area contributed by atoms with Crippen LogP contribution in [0.5, 0.6) is 0 Å². The standard InChI is InChI=1S/C15H23NO4S/c1-4-21(19,20)14-8-6-5-7-12(14)15(18)16-13(9-10-17)11(2)3/h5-8,11,13,17H,4,9-10H2,1-3H3,(H,16,18). The molecule has 1 aromatic carbocycles. The Morgan fingerprint density at radius 2 is 1.90 bits per heavy atom. The number of aliphatic hydroxyl groups is 1. The second-order valence-corrected chi connectivity index (χ2v) is 7.48. The van der Waals surface area contributed by atoms with E-state index in [1.807, 2.05) is 13.8 Å². The summed E-state index contributed by atoms with van der Waals surface area (Å²) in [5, 5.41) is 11.9. The van der Waals surface area contributed by atoms with E-state index in [9.17, 15) is 13.2 Å². The Labute approximate surface area is 126 Å². The van der Waals surface area contributed by atoms with Crippen molar-refractivity contribution in [2.75, 3.05) is 12.4 Å². The fourth-order valence-corrected chi connectivity index (χ4v) is 3.13. The predicted molar refractivity (Wildman–Crippen MR) is 82.0 cm³/mol. The van der Waals surface area contributed by atoms with Gasteiger partial charge in [-0.1, -0.05) is 32.9 Å². The van der Waals surface area contributed by atoms with Crippen LogP contribution in [0.4, 0.5) is 0 Å². The van der Waals surface area contributed by atoms with E-state index in [2.05, 4.69) is 5.32 Å². The van der Waals surface area contributed by atoms with Crippen molar-refractivity contribution in [3.05, 3.63) is 29.8 Å². The van der Waals surface area contributed by atoms with E-state index in [0.29, 0.717) is 6.42 Å². The quantitative estimate of drug-likeness (QED) is 0.801. The average molecular weight is 313 g/mol. The van der Waals surface area contributed by atoms with E-state index in [4.69, 9.17) is 5.11 Å². The molecule has 0 fully saturated rings. The maximum atomic E-state index is 12.4. The average Bonchev–Trinajstić information content (AvgIpc) is 2.46. The molecule has 0 aromatic heterocycles. The van der Waals surface area contributed by atoms with Crippen molar-refractivity contribution >= 4 is 15.7 Å². The maximum Gasteiger partial charge on any atom is 0.252 e. The number of carbonyl (C=O) groups is 1. The molecular weight excluding hydrogens is 290 g/mol. The Balaban J connectivity index is 3.09. The third-order valence-corrected chi connectivity index (χ3v) is 5.19. The number of amides is 1. The van der Waals surface area contributed by atoms with Crippen molar-refractivity contribution in [1.82, 2.24) is 5.32 Å². The topological polar surface area (TPSA) is 83.5 Å². The van der Waals surface area contributed by atoms with Gasteiger partial charge in [0.1, 0.15) is 0 Å². The molecule has 6 heteroatoms. The van der Waals surface area contributed by atoms with Crippen molar-refractivity contribution < 1.29 is 18.3 Å². The van der Waals surface area contributed by atoms with E-state index in [1.165, 1.54) is 12.1 Å². The summed E-state index contributed by atoms with van der Waals surface area (Å²) < 4.78 is 24.1. The zero-order valence-corrected chi connectivity index (χ0v) is 13.5. The minimum Gasteiger partial charge on any atom is -0.396 e. The summed E-state index contributed by atoms with van der Waals surface area (Å²) in [5.41, 5.74) is 0.155. The van der Waals surface area contributed by atoms with Crippen molar-refractivity contribution in [2.24, 2.45) is 5.92 Å². The lowest BCUT2D eigenvalue weighted by Gasteiger charge is -2.22. The lowest BCUT2D eigenvalue weighted by atomic mass is 10.0. The maximum absolute atomic E-state index is 12.4. The molecule has 1 rings (SSSR count). The van der Waals surface area contributed by atoms with Crippen molar-refractivity contribution in [3.8, 4) is 0 Å². The monoisotopic (exact) mass is 313 g/mol. The van der Waals surface area contributed by atoms with E-state index >= 15 is 0 Å². The number of carbonyl (C=O) groups excluding carboxylic acids is 1. The number of hydrogen-bond donors (Lipinski definition) is 2. The Morgan fingerprint density at radius 3 is 2.43 bits per heavy atom. The Hall–Kier alpha value is -1.40. The second kappa shape index (κ2) is 7.56. The number of aliphatic hydroxyl groups excluding tert-OH is 1. The molecule has 1 amide bonds. The van der Waals surface area contributed by atoms with E-state index in [0.717, 1.165) is 0 Å². The molecule has 1 aromatic rings. The number of hydrogen-bond acceptors (Lipinski definition) is 4. The van der Waals surface area contributed by atoms with Crippen molar-refractivity contribution in [3.63, 3.8) is 0 Å². The highest BCUT2D eigenvalue weighted by atomic mass is 32.2. The number of benzene rings is 1. The van der Waals surface area contributed by atoms with Crippen LogP contribution in [0.25, 0.3) is 0 Å². The molecule has 0 aliphatic heterocycles. The Bertz CT molecular complexity index is 581. The number of rotatable bonds is 7. The van der Waals surface area contributed by atoms with Gasteiger partial charge in [-0.15, -0.1) is 0 Å². The summed E-state index contributed by atoms with van der Waals surface area (Å²) in [4.78, 5) is 12.4. The van der Waals surface area contributed by atoms with Gasteiger partial charge < -0.3 is 10.4 Å². The van der Waals surface area contributed by atoms with Crippen LogP contribution in [0.2, 0.25) is 0 Å². The highest BCUT2D eigenvalue weighted by Crippen LogP contribution is 2.18. The van der Waals surface area contributed by atoms with Gasteiger partial charge in [-0.3, -0.25) is 4.79 Å². The third kappa shape index (κ3) is 4.54. The van der Waals surface area contributed by atoms with Gasteiger partial charge in [0.25, 0.3) is 5.91 Å². The number of nitrogens with one attached hydrogen (secondary N) is 1. The second-order valence-electron chi connectivity index (χ2n) is 5.24. The van der Waals surface area contributed by atoms with Crippen LogP contribution >= 0.6 is 0 Å². The summed E-state index contributed by atoms with van der Waals surface area (Å²) in [6.45, 7) is 5.40. The normalized spacial score (nSPS) is 13.2. The van der Waals surface area contributed by atoms with E-state index in [1.54, 1.807) is 19.1 Å². The van der Waals surface area contributed by atoms with Gasteiger partial charge in [-0.05, 0) is 24.5 Å². The SMILES string of the molecule is CCS(=O)(=O)c1ccccc1C(=O)NC(CCO)C(C)C. The number of sulfone groups is 1. The first-order valence-corrected chi connectivity index (χ1v) is 8.72. The molecule has 0 bridgehead atoms. The minimum absolute atomic E-state index is 0.0297. The van der Waals surface area contributed by atoms with Crippen LogP contribution in [0.1, 0.15) is 37.6 Å². The van der Waals surface area contributed by atoms with Crippen molar-refractivity contribution in [1.29, 1.82) is 0 Å². The van der Waals surface area contributed by atoms with Crippen LogP contribution in [0, 0.1) is 5.92 Å². The fraction of sp³-hybridized carbons (Fsp3) is 0.533. The Morgan fingerprint density at radius 1 is 1.29 bits per heavy atom. The largest absolute Gasteiger partial charge is 0.396 e. The first kappa shape index (κ1) is 17.7. The van der Waals surface area contributed by atoms with Crippen molar-refractivity contribution in [2.45, 2.75) is 38.1 Å². The van der Waals surface area contributed by atoms with Crippen LogP contribution < -0.4 is 5.32 Å². The highest BCUT2D eigenvalue weighted by molar-refractivity contribution is 7.91. The van der Waals surface area contributed by atoms with Gasteiger partial charge in [-0.2, -0.15) is 0 Å². The molecule has 21 heavy (non-hydrogen) atoms. The molecule has 0 saturated carbocycles. The van der Waals surface area contributed by atoms with Crippen LogP contribution in [-0.4, -0.2) is 37.8 Å². The highest BCUT2D eigenvalue weighted by Gasteiger charge is 2.23. The zero-order valence-electron chi connectivity index (χ0n) is 12.7. The summed E-state index contributed by atoms with van der Waals surface area (Å²) in [6.07, 6.45) is 0.437. The minimum atomic E-state index is -3.45. The zero-order chi connectivity index (χ0) is 16.0. The molecule has 0 radical (unpaired) electrons. The van der Waals surface area contributed by atoms with Gasteiger partial charge in [0.15, 0.2) is 9.84 Å². The molecule has 1 unspecified atom stereocenters. The summed E-state index contributed by atoms with van der Waals surface area (Å²) in [5.74, 6) is -0.326. The molecule has 0 aliphatic carbocycles. The molecule has 0 saturated heterocycles. The summed E-state index contributed by atoms with van der Waals surface area (Å²) in [7, 11) is -3.45. The van der Waals surface area contributed by atoms with Gasteiger partial charge in [-0.25, -0.2) is 8.42 Å². The fourth-order valence-electron chi connectivity index (χ4n) is 2.04. The van der Waals surface area contributed by atoms with E-state index in [-0.39, 0.29) is 34.8 Å². The van der Waals surface area contributed by atoms with Gasteiger partial charge in [0.05, 0.1) is 16.2 Å². The molecule has 2 N–H and O–H groups in total. The van der Waals surface area contributed by atoms with Crippen LogP contribution in [-0.2, 0) is 9.84 Å². The molecular formula is C15H23NO4S. The van der Waals surface area contributed by atoms with E-state index < -0.39 is 15.7 Å². The van der Waals surface area contributed by atoms with Crippen LogP contribution in [0.3, 0.4) is 0 Å². The lowest BCUT2D eigenvalue weighted by Crippen LogP contribution is -2.39. The molecule has 0 spiro atoms. The lowest BCUT2D eigenvalue weighted by molar-refractivity contribution is 0.0913. The third-order valence-electron chi connectivity index (χ3n) is 3.41. The van der Waals surface area contributed by atoms with Gasteiger partial charge >= 0.3 is 0 Å².